The van der Waals surface area contributed by atoms with Gasteiger partial charge in [0.25, 0.3) is 5.91 Å². The standard InChI is InChI=1S/C19H16ClFN4O2/c1-27-15-8-3-2-5-12(15)11-22-16-9-10-17(25-24-16)23-19(26)18-13(20)6-4-7-14(18)21/h2-10H,11H2,1H3,(H,22,24)(H,23,25,26). The summed E-state index contributed by atoms with van der Waals surface area (Å²) in [5.41, 5.74) is 0.729. The van der Waals surface area contributed by atoms with Crippen LogP contribution in [-0.2, 0) is 6.54 Å². The Hall–Kier alpha value is -3.19. The van der Waals surface area contributed by atoms with Gasteiger partial charge in [0.05, 0.1) is 17.7 Å². The average Bonchev–Trinajstić information content (AvgIpc) is 2.67. The monoisotopic (exact) mass is 386 g/mol. The van der Waals surface area contributed by atoms with Crippen molar-refractivity contribution >= 4 is 29.1 Å². The van der Waals surface area contributed by atoms with Crippen molar-refractivity contribution in [3.05, 3.63) is 76.6 Å². The van der Waals surface area contributed by atoms with Gasteiger partial charge in [0.1, 0.15) is 17.4 Å². The lowest BCUT2D eigenvalue weighted by Crippen LogP contribution is -2.16. The van der Waals surface area contributed by atoms with Crippen molar-refractivity contribution in [3.8, 4) is 5.75 Å². The summed E-state index contributed by atoms with van der Waals surface area (Å²) in [6.45, 7) is 0.495. The first-order chi connectivity index (χ1) is 13.1. The Balaban J connectivity index is 1.64. The predicted molar refractivity (Wildman–Crippen MR) is 102 cm³/mol. The van der Waals surface area contributed by atoms with E-state index in [1.54, 1.807) is 19.2 Å². The van der Waals surface area contributed by atoms with Crippen molar-refractivity contribution in [2.45, 2.75) is 6.54 Å². The topological polar surface area (TPSA) is 76.1 Å². The Kier molecular flexibility index (Phi) is 5.83. The molecule has 0 aliphatic heterocycles. The quantitative estimate of drug-likeness (QED) is 0.665. The first kappa shape index (κ1) is 18.6. The maximum Gasteiger partial charge on any atom is 0.261 e. The number of aromatic nitrogens is 2. The zero-order valence-electron chi connectivity index (χ0n) is 14.4. The van der Waals surface area contributed by atoms with Crippen LogP contribution in [0.15, 0.2) is 54.6 Å². The van der Waals surface area contributed by atoms with E-state index in [0.717, 1.165) is 17.4 Å². The van der Waals surface area contributed by atoms with E-state index in [-0.39, 0.29) is 16.4 Å². The van der Waals surface area contributed by atoms with Crippen LogP contribution in [0, 0.1) is 5.82 Å². The smallest absolute Gasteiger partial charge is 0.261 e. The van der Waals surface area contributed by atoms with Crippen LogP contribution in [0.3, 0.4) is 0 Å². The third-order valence-electron chi connectivity index (χ3n) is 3.75. The predicted octanol–water partition coefficient (Wildman–Crippen LogP) is 4.14. The number of carbonyl (C=O) groups is 1. The van der Waals surface area contributed by atoms with E-state index in [2.05, 4.69) is 20.8 Å². The van der Waals surface area contributed by atoms with Gasteiger partial charge in [-0.1, -0.05) is 35.9 Å². The number of rotatable bonds is 6. The highest BCUT2D eigenvalue weighted by Crippen LogP contribution is 2.21. The van der Waals surface area contributed by atoms with Gasteiger partial charge in [-0.2, -0.15) is 0 Å². The number of ether oxygens (including phenoxy) is 1. The highest BCUT2D eigenvalue weighted by molar-refractivity contribution is 6.34. The van der Waals surface area contributed by atoms with E-state index in [4.69, 9.17) is 16.3 Å². The minimum atomic E-state index is -0.706. The maximum absolute atomic E-state index is 13.8. The number of halogens is 2. The van der Waals surface area contributed by atoms with Crippen LogP contribution < -0.4 is 15.4 Å². The molecule has 0 spiro atoms. The van der Waals surface area contributed by atoms with Gasteiger partial charge in [-0.3, -0.25) is 4.79 Å². The van der Waals surface area contributed by atoms with Crippen molar-refractivity contribution in [1.29, 1.82) is 0 Å². The summed E-state index contributed by atoms with van der Waals surface area (Å²) in [5, 5.41) is 13.5. The zero-order valence-corrected chi connectivity index (χ0v) is 15.1. The number of nitrogens with zero attached hydrogens (tertiary/aromatic N) is 2. The molecule has 2 aromatic carbocycles. The molecule has 1 heterocycles. The number of amides is 1. The summed E-state index contributed by atoms with van der Waals surface area (Å²) in [4.78, 5) is 12.2. The molecule has 0 bridgehead atoms. The first-order valence-corrected chi connectivity index (χ1v) is 8.41. The average molecular weight is 387 g/mol. The van der Waals surface area contributed by atoms with E-state index in [0.29, 0.717) is 12.4 Å². The van der Waals surface area contributed by atoms with E-state index in [1.807, 2.05) is 24.3 Å². The summed E-state index contributed by atoms with van der Waals surface area (Å²) < 4.78 is 19.1. The molecule has 0 aliphatic carbocycles. The molecule has 8 heteroatoms. The number of nitrogens with one attached hydrogen (secondary N) is 2. The molecule has 3 aromatic rings. The van der Waals surface area contributed by atoms with Gasteiger partial charge in [-0.05, 0) is 30.3 Å². The molecular formula is C19H16ClFN4O2. The number of carbonyl (C=O) groups excluding carboxylic acids is 1. The molecule has 3 rings (SSSR count). The number of para-hydroxylation sites is 1. The Labute approximate surface area is 160 Å². The number of anilines is 2. The van der Waals surface area contributed by atoms with Gasteiger partial charge in [-0.15, -0.1) is 10.2 Å². The summed E-state index contributed by atoms with van der Waals surface area (Å²) in [6.07, 6.45) is 0. The lowest BCUT2D eigenvalue weighted by atomic mass is 10.2. The molecule has 0 radical (unpaired) electrons. The Morgan fingerprint density at radius 1 is 1.07 bits per heavy atom. The second-order valence-electron chi connectivity index (χ2n) is 5.52. The van der Waals surface area contributed by atoms with Crippen molar-refractivity contribution in [1.82, 2.24) is 10.2 Å². The van der Waals surface area contributed by atoms with Gasteiger partial charge < -0.3 is 15.4 Å². The van der Waals surface area contributed by atoms with Crippen molar-refractivity contribution < 1.29 is 13.9 Å². The molecule has 138 valence electrons. The molecule has 6 nitrogen and oxygen atoms in total. The Bertz CT molecular complexity index is 930. The molecule has 0 atom stereocenters. The molecule has 2 N–H and O–H groups in total. The zero-order chi connectivity index (χ0) is 19.2. The summed E-state index contributed by atoms with van der Waals surface area (Å²) >= 11 is 5.88. The Morgan fingerprint density at radius 3 is 2.52 bits per heavy atom. The molecular weight excluding hydrogens is 371 g/mol. The van der Waals surface area contributed by atoms with Crippen LogP contribution in [0.2, 0.25) is 5.02 Å². The van der Waals surface area contributed by atoms with E-state index in [9.17, 15) is 9.18 Å². The number of methoxy groups -OCH3 is 1. The van der Waals surface area contributed by atoms with Crippen LogP contribution in [0.5, 0.6) is 5.75 Å². The Morgan fingerprint density at radius 2 is 1.81 bits per heavy atom. The van der Waals surface area contributed by atoms with Gasteiger partial charge in [0, 0.05) is 12.1 Å². The van der Waals surface area contributed by atoms with Gasteiger partial charge >= 0.3 is 0 Å². The molecule has 1 aromatic heterocycles. The van der Waals surface area contributed by atoms with Gasteiger partial charge in [0.2, 0.25) is 0 Å². The second-order valence-corrected chi connectivity index (χ2v) is 5.93. The SMILES string of the molecule is COc1ccccc1CNc1ccc(NC(=O)c2c(F)cccc2Cl)nn1. The van der Waals surface area contributed by atoms with E-state index in [1.165, 1.54) is 12.1 Å². The van der Waals surface area contributed by atoms with Crippen LogP contribution in [0.4, 0.5) is 16.0 Å². The molecule has 0 aliphatic rings. The minimum Gasteiger partial charge on any atom is -0.496 e. The molecule has 0 unspecified atom stereocenters. The second kappa shape index (κ2) is 8.46. The van der Waals surface area contributed by atoms with Crippen LogP contribution in [0.1, 0.15) is 15.9 Å². The van der Waals surface area contributed by atoms with Crippen LogP contribution in [0.25, 0.3) is 0 Å². The minimum absolute atomic E-state index is 0.0237. The molecule has 27 heavy (non-hydrogen) atoms. The van der Waals surface area contributed by atoms with Crippen molar-refractivity contribution in [2.24, 2.45) is 0 Å². The van der Waals surface area contributed by atoms with Crippen molar-refractivity contribution in [2.75, 3.05) is 17.7 Å². The summed E-state index contributed by atoms with van der Waals surface area (Å²) in [5.74, 6) is 0.0683. The molecule has 0 saturated heterocycles. The molecule has 0 saturated carbocycles. The fraction of sp³-hybridized carbons (Fsp3) is 0.105. The van der Waals surface area contributed by atoms with E-state index < -0.39 is 11.7 Å². The van der Waals surface area contributed by atoms with E-state index >= 15 is 0 Å². The normalized spacial score (nSPS) is 10.3. The third kappa shape index (κ3) is 4.51. The summed E-state index contributed by atoms with van der Waals surface area (Å²) in [7, 11) is 1.61. The molecule has 0 fully saturated rings. The van der Waals surface area contributed by atoms with Crippen LogP contribution in [-0.4, -0.2) is 23.2 Å². The fourth-order valence-corrected chi connectivity index (χ4v) is 2.67. The lowest BCUT2D eigenvalue weighted by molar-refractivity contribution is 0.102. The third-order valence-corrected chi connectivity index (χ3v) is 4.06. The lowest BCUT2D eigenvalue weighted by Gasteiger charge is -2.10. The first-order valence-electron chi connectivity index (χ1n) is 8.03. The van der Waals surface area contributed by atoms with Gasteiger partial charge in [0.15, 0.2) is 5.82 Å². The van der Waals surface area contributed by atoms with Crippen molar-refractivity contribution in [3.63, 3.8) is 0 Å². The number of hydrogen-bond donors (Lipinski definition) is 2. The maximum atomic E-state index is 13.8. The van der Waals surface area contributed by atoms with Crippen LogP contribution >= 0.6 is 11.6 Å². The highest BCUT2D eigenvalue weighted by atomic mass is 35.5. The van der Waals surface area contributed by atoms with Gasteiger partial charge in [-0.25, -0.2) is 4.39 Å². The largest absolute Gasteiger partial charge is 0.496 e. The fourth-order valence-electron chi connectivity index (χ4n) is 2.42. The summed E-state index contributed by atoms with van der Waals surface area (Å²) in [6, 6.07) is 14.9. The molecule has 1 amide bonds. The number of hydrogen-bond acceptors (Lipinski definition) is 5. The highest BCUT2D eigenvalue weighted by Gasteiger charge is 2.16. The number of benzene rings is 2.